The molecule has 2 aromatic carbocycles. The lowest BCUT2D eigenvalue weighted by molar-refractivity contribution is -0.149. The first-order valence-electron chi connectivity index (χ1n) is 12.1. The third-order valence-corrected chi connectivity index (χ3v) is 6.55. The molecule has 1 aliphatic carbocycles. The largest absolute Gasteiger partial charge is 0.479 e. The third-order valence-electron chi connectivity index (χ3n) is 6.55. The highest BCUT2D eigenvalue weighted by atomic mass is 16.5. The van der Waals surface area contributed by atoms with Gasteiger partial charge in [-0.05, 0) is 47.4 Å². The van der Waals surface area contributed by atoms with Gasteiger partial charge in [0.1, 0.15) is 12.6 Å². The first-order chi connectivity index (χ1) is 16.8. The summed E-state index contributed by atoms with van der Waals surface area (Å²) >= 11 is 0. The number of benzene rings is 2. The number of nitrogens with one attached hydrogen (secondary N) is 2. The summed E-state index contributed by atoms with van der Waals surface area (Å²) in [6.07, 6.45) is -0.402. The number of hydrogen-bond donors (Lipinski definition) is 3. The number of fused-ring (bicyclic) bond motifs is 3. The number of ether oxygens (including phenoxy) is 2. The number of carboxylic acids is 1. The van der Waals surface area contributed by atoms with Crippen molar-refractivity contribution in [3.8, 4) is 11.1 Å². The summed E-state index contributed by atoms with van der Waals surface area (Å²) in [7, 11) is 0. The Balaban J connectivity index is 1.33. The molecule has 2 aromatic rings. The predicted molar refractivity (Wildman–Crippen MR) is 130 cm³/mol. The van der Waals surface area contributed by atoms with Crippen LogP contribution in [0.4, 0.5) is 4.79 Å². The van der Waals surface area contributed by atoms with Crippen molar-refractivity contribution in [1.82, 2.24) is 10.6 Å². The topological polar surface area (TPSA) is 114 Å². The highest BCUT2D eigenvalue weighted by Crippen LogP contribution is 2.44. The van der Waals surface area contributed by atoms with E-state index in [-0.39, 0.29) is 37.0 Å². The molecule has 2 unspecified atom stereocenters. The summed E-state index contributed by atoms with van der Waals surface area (Å²) in [5, 5.41) is 14.6. The van der Waals surface area contributed by atoms with Gasteiger partial charge in [0.2, 0.25) is 5.91 Å². The minimum Gasteiger partial charge on any atom is -0.479 e. The third kappa shape index (κ3) is 5.82. The lowest BCUT2D eigenvalue weighted by atomic mass is 9.98. The Kier molecular flexibility index (Phi) is 7.70. The molecule has 1 heterocycles. The zero-order chi connectivity index (χ0) is 24.9. The second-order valence-electron chi connectivity index (χ2n) is 9.56. The van der Waals surface area contributed by atoms with Crippen LogP contribution in [0.5, 0.6) is 0 Å². The molecule has 0 bridgehead atoms. The van der Waals surface area contributed by atoms with Crippen LogP contribution in [-0.2, 0) is 19.1 Å². The number of alkyl carbamates (subject to hydrolysis) is 1. The summed E-state index contributed by atoms with van der Waals surface area (Å²) in [5.74, 6) is -1.23. The molecule has 1 saturated heterocycles. The summed E-state index contributed by atoms with van der Waals surface area (Å²) in [5.41, 5.74) is 4.53. The molecule has 3 N–H and O–H groups in total. The molecule has 35 heavy (non-hydrogen) atoms. The monoisotopic (exact) mass is 480 g/mol. The molecule has 0 aromatic heterocycles. The van der Waals surface area contributed by atoms with Crippen LogP contribution in [0.2, 0.25) is 0 Å². The fraction of sp³-hybridized carbons (Fsp3) is 0.444. The Morgan fingerprint density at radius 3 is 2.23 bits per heavy atom. The fourth-order valence-corrected chi connectivity index (χ4v) is 4.86. The van der Waals surface area contributed by atoms with Crippen LogP contribution in [-0.4, -0.2) is 54.5 Å². The quantitative estimate of drug-likeness (QED) is 0.504. The smallest absolute Gasteiger partial charge is 0.407 e. The van der Waals surface area contributed by atoms with E-state index in [2.05, 4.69) is 34.9 Å². The van der Waals surface area contributed by atoms with E-state index in [4.69, 9.17) is 14.6 Å². The van der Waals surface area contributed by atoms with Gasteiger partial charge < -0.3 is 25.2 Å². The maximum Gasteiger partial charge on any atom is 0.407 e. The minimum absolute atomic E-state index is 0.0628. The van der Waals surface area contributed by atoms with Gasteiger partial charge in [-0.15, -0.1) is 0 Å². The Bertz CT molecular complexity index is 1040. The van der Waals surface area contributed by atoms with Gasteiger partial charge in [-0.1, -0.05) is 62.4 Å². The summed E-state index contributed by atoms with van der Waals surface area (Å²) < 4.78 is 11.0. The van der Waals surface area contributed by atoms with E-state index in [0.717, 1.165) is 22.3 Å². The normalized spacial score (nSPS) is 19.6. The molecule has 2 amide bonds. The van der Waals surface area contributed by atoms with E-state index >= 15 is 0 Å². The van der Waals surface area contributed by atoms with Crippen molar-refractivity contribution in [3.05, 3.63) is 59.7 Å². The van der Waals surface area contributed by atoms with Crippen molar-refractivity contribution in [2.24, 2.45) is 5.92 Å². The minimum atomic E-state index is -0.992. The highest BCUT2D eigenvalue weighted by Gasteiger charge is 2.32. The maximum atomic E-state index is 12.8. The average Bonchev–Trinajstić information content (AvgIpc) is 3.44. The molecule has 4 rings (SSSR count). The van der Waals surface area contributed by atoms with E-state index < -0.39 is 24.2 Å². The Morgan fingerprint density at radius 1 is 1.03 bits per heavy atom. The zero-order valence-corrected chi connectivity index (χ0v) is 20.0. The van der Waals surface area contributed by atoms with Crippen molar-refractivity contribution in [1.29, 1.82) is 0 Å². The Hall–Kier alpha value is -3.39. The lowest BCUT2D eigenvalue weighted by Crippen LogP contribution is -2.49. The number of aliphatic carboxylic acids is 1. The molecular weight excluding hydrogens is 448 g/mol. The standard InChI is InChI=1S/C27H32N2O6/c1-16(2)13-23(25(30)28-14-17-11-12-24(35-17)26(31)32)29-27(33)34-15-22-20-9-5-3-7-18(20)19-8-4-6-10-21(19)22/h3-10,16-17,22-24H,11-15H2,1-2H3,(H,28,30)(H,29,33)(H,31,32)/t17?,23-,24?/m0/s1. The van der Waals surface area contributed by atoms with Gasteiger partial charge in [0.25, 0.3) is 0 Å². The predicted octanol–water partition coefficient (Wildman–Crippen LogP) is 3.69. The number of rotatable bonds is 9. The van der Waals surface area contributed by atoms with Gasteiger partial charge in [0.05, 0.1) is 6.10 Å². The molecule has 1 aliphatic heterocycles. The Labute approximate surface area is 205 Å². The zero-order valence-electron chi connectivity index (χ0n) is 20.0. The average molecular weight is 481 g/mol. The van der Waals surface area contributed by atoms with Crippen LogP contribution >= 0.6 is 0 Å². The second-order valence-corrected chi connectivity index (χ2v) is 9.56. The van der Waals surface area contributed by atoms with E-state index in [1.54, 1.807) is 0 Å². The van der Waals surface area contributed by atoms with Crippen LogP contribution in [0.15, 0.2) is 48.5 Å². The Morgan fingerprint density at radius 2 is 1.66 bits per heavy atom. The molecule has 0 spiro atoms. The van der Waals surface area contributed by atoms with Gasteiger partial charge in [-0.2, -0.15) is 0 Å². The summed E-state index contributed by atoms with van der Waals surface area (Å²) in [6, 6.07) is 15.4. The van der Waals surface area contributed by atoms with Gasteiger partial charge in [0, 0.05) is 12.5 Å². The number of hydrogen-bond acceptors (Lipinski definition) is 5. The molecular formula is C27H32N2O6. The van der Waals surface area contributed by atoms with Crippen molar-refractivity contribution < 1.29 is 29.0 Å². The van der Waals surface area contributed by atoms with Crippen LogP contribution < -0.4 is 10.6 Å². The van der Waals surface area contributed by atoms with Crippen LogP contribution in [0, 0.1) is 5.92 Å². The molecule has 3 atom stereocenters. The number of carbonyl (C=O) groups excluding carboxylic acids is 2. The molecule has 8 nitrogen and oxygen atoms in total. The first kappa shape index (κ1) is 24.7. The van der Waals surface area contributed by atoms with Crippen molar-refractivity contribution in [3.63, 3.8) is 0 Å². The molecule has 0 radical (unpaired) electrons. The summed E-state index contributed by atoms with van der Waals surface area (Å²) in [6.45, 7) is 4.31. The van der Waals surface area contributed by atoms with Crippen LogP contribution in [0.25, 0.3) is 11.1 Å². The number of carbonyl (C=O) groups is 3. The van der Waals surface area contributed by atoms with E-state index in [1.807, 2.05) is 38.1 Å². The first-order valence-corrected chi connectivity index (χ1v) is 12.1. The molecule has 8 heteroatoms. The van der Waals surface area contributed by atoms with Crippen LogP contribution in [0.1, 0.15) is 50.2 Å². The fourth-order valence-electron chi connectivity index (χ4n) is 4.86. The van der Waals surface area contributed by atoms with E-state index in [9.17, 15) is 14.4 Å². The summed E-state index contributed by atoms with van der Waals surface area (Å²) in [4.78, 5) is 36.6. The molecule has 1 fully saturated rings. The molecule has 2 aliphatic rings. The van der Waals surface area contributed by atoms with E-state index in [0.29, 0.717) is 19.3 Å². The maximum absolute atomic E-state index is 12.8. The van der Waals surface area contributed by atoms with Gasteiger partial charge in [0.15, 0.2) is 6.10 Å². The van der Waals surface area contributed by atoms with Crippen molar-refractivity contribution >= 4 is 18.0 Å². The van der Waals surface area contributed by atoms with Gasteiger partial charge in [-0.25, -0.2) is 9.59 Å². The lowest BCUT2D eigenvalue weighted by Gasteiger charge is -2.22. The second kappa shape index (κ2) is 10.9. The molecule has 0 saturated carbocycles. The highest BCUT2D eigenvalue weighted by molar-refractivity contribution is 5.85. The molecule has 186 valence electrons. The van der Waals surface area contributed by atoms with Crippen molar-refractivity contribution in [2.45, 2.75) is 57.3 Å². The number of carboxylic acid groups (broad SMARTS) is 1. The number of amides is 2. The van der Waals surface area contributed by atoms with Crippen LogP contribution in [0.3, 0.4) is 0 Å². The SMILES string of the molecule is CC(C)C[C@H](NC(=O)OCC1c2ccccc2-c2ccccc21)C(=O)NCC1CCC(C(=O)O)O1. The van der Waals surface area contributed by atoms with E-state index in [1.165, 1.54) is 0 Å². The van der Waals surface area contributed by atoms with Crippen molar-refractivity contribution in [2.75, 3.05) is 13.2 Å². The van der Waals surface area contributed by atoms with Gasteiger partial charge >= 0.3 is 12.1 Å². The van der Waals surface area contributed by atoms with Gasteiger partial charge in [-0.3, -0.25) is 4.79 Å².